The molecule has 0 fully saturated rings. The van der Waals surface area contributed by atoms with Gasteiger partial charge in [-0.2, -0.15) is 0 Å². The van der Waals surface area contributed by atoms with Crippen LogP contribution in [0, 0.1) is 0 Å². The molecule has 0 N–H and O–H groups in total. The SMILES string of the molecule is [Cr].[Mo].[Nb].[SnH2].[Zr]. The Balaban J connectivity index is 0. The second-order valence-electron chi connectivity index (χ2n) is 0. The Hall–Kier alpha value is 3.64. The molecule has 0 atom stereocenters. The molecule has 5 heteroatoms. The Kier molecular flexibility index (Phi) is 193. The monoisotopic (exact) mass is 455 g/mol. The van der Waals surface area contributed by atoms with Crippen LogP contribution >= 0.6 is 0 Å². The Labute approximate surface area is 109 Å². The average Bonchev–Trinajstić information content (AvgIpc) is 0. The van der Waals surface area contributed by atoms with Gasteiger partial charge in [-0.15, -0.1) is 0 Å². The zero-order valence-corrected chi connectivity index (χ0v) is 14.4. The molecule has 0 spiro atoms. The fraction of sp³-hybridized carbons (Fsp3) is 0. The molecule has 0 saturated carbocycles. The van der Waals surface area contributed by atoms with E-state index in [2.05, 4.69) is 0 Å². The molecule has 5 heavy (non-hydrogen) atoms. The van der Waals surface area contributed by atoms with Crippen molar-refractivity contribution < 1.29 is 87.0 Å². The second kappa shape index (κ2) is 25.4. The Morgan fingerprint density at radius 3 is 1.00 bits per heavy atom. The minimum atomic E-state index is 0. The van der Waals surface area contributed by atoms with Crippen molar-refractivity contribution in [3.05, 3.63) is 0 Å². The summed E-state index contributed by atoms with van der Waals surface area (Å²) in [6.07, 6.45) is 0. The molecule has 0 saturated heterocycles. The summed E-state index contributed by atoms with van der Waals surface area (Å²) in [5.41, 5.74) is 0. The fourth-order valence-corrected chi connectivity index (χ4v) is 0. The molecule has 0 aromatic rings. The molecule has 3 radical (unpaired) electrons. The summed E-state index contributed by atoms with van der Waals surface area (Å²) in [7, 11) is 0. The molecule has 27 valence electrons. The first kappa shape index (κ1) is 38.0. The van der Waals surface area contributed by atoms with Crippen LogP contribution in [0.1, 0.15) is 0 Å². The van der Waals surface area contributed by atoms with Crippen LogP contribution in [-0.4, -0.2) is 23.9 Å². The van der Waals surface area contributed by atoms with Crippen molar-refractivity contribution in [1.82, 2.24) is 0 Å². The maximum Gasteiger partial charge on any atom is 0 e. The van der Waals surface area contributed by atoms with Crippen molar-refractivity contribution in [3.63, 3.8) is 0 Å². The van der Waals surface area contributed by atoms with E-state index in [0.29, 0.717) is 0 Å². The zero-order chi connectivity index (χ0) is 0. The van der Waals surface area contributed by atoms with Gasteiger partial charge in [0, 0.05) is 87.0 Å². The number of hydrogen-bond acceptors (Lipinski definition) is 0. The molecule has 0 amide bonds. The van der Waals surface area contributed by atoms with Crippen LogP contribution in [0.2, 0.25) is 0 Å². The van der Waals surface area contributed by atoms with Crippen LogP contribution in [0.3, 0.4) is 0 Å². The number of rotatable bonds is 0. The van der Waals surface area contributed by atoms with Gasteiger partial charge in [-0.1, -0.05) is 0 Å². The van der Waals surface area contributed by atoms with Gasteiger partial charge >= 0.3 is 23.9 Å². The predicted octanol–water partition coefficient (Wildman–Crippen LogP) is -0.926. The molecular weight excluding hydrogens is 451 g/mol. The van der Waals surface area contributed by atoms with Gasteiger partial charge in [0.2, 0.25) is 0 Å². The maximum absolute atomic E-state index is 0. The van der Waals surface area contributed by atoms with Gasteiger partial charge in [-0.05, 0) is 0 Å². The summed E-state index contributed by atoms with van der Waals surface area (Å²) >= 11 is 0. The van der Waals surface area contributed by atoms with E-state index in [9.17, 15) is 0 Å². The topological polar surface area (TPSA) is 0 Å². The maximum atomic E-state index is 0. The predicted molar refractivity (Wildman–Crippen MR) is 8.54 cm³/mol. The van der Waals surface area contributed by atoms with Crippen molar-refractivity contribution in [2.24, 2.45) is 0 Å². The van der Waals surface area contributed by atoms with E-state index in [-0.39, 0.29) is 111 Å². The first-order valence-electron chi connectivity index (χ1n) is 0. The van der Waals surface area contributed by atoms with Gasteiger partial charge in [0.25, 0.3) is 0 Å². The molecule has 0 bridgehead atoms. The van der Waals surface area contributed by atoms with Gasteiger partial charge in [-0.25, -0.2) is 0 Å². The third kappa shape index (κ3) is 18.3. The second-order valence-corrected chi connectivity index (χ2v) is 0. The largest absolute Gasteiger partial charge is 0 e. The molecular formula is H2CrMoNbSnZr. The van der Waals surface area contributed by atoms with Crippen molar-refractivity contribution in [2.75, 3.05) is 0 Å². The molecule has 0 heterocycles. The minimum absolute atomic E-state index is 0. The van der Waals surface area contributed by atoms with E-state index in [0.717, 1.165) is 0 Å². The van der Waals surface area contributed by atoms with E-state index in [1.807, 2.05) is 0 Å². The quantitative estimate of drug-likeness (QED) is 0.417. The molecule has 0 aromatic carbocycles. The fourth-order valence-electron chi connectivity index (χ4n) is 0. The van der Waals surface area contributed by atoms with E-state index in [1.165, 1.54) is 0 Å². The van der Waals surface area contributed by atoms with Crippen LogP contribution in [-0.2, 0) is 87.0 Å². The normalized spacial score (nSPS) is 0. The molecule has 0 nitrogen and oxygen atoms in total. The van der Waals surface area contributed by atoms with Gasteiger partial charge < -0.3 is 0 Å². The third-order valence-corrected chi connectivity index (χ3v) is 0. The standard InChI is InChI=1S/Cr.Mo.Nb.Sn.Zr.2H. The van der Waals surface area contributed by atoms with Gasteiger partial charge in [-0.3, -0.25) is 0 Å². The van der Waals surface area contributed by atoms with Crippen LogP contribution in [0.25, 0.3) is 0 Å². The molecule has 0 aliphatic rings. The Morgan fingerprint density at radius 1 is 1.00 bits per heavy atom. The van der Waals surface area contributed by atoms with Gasteiger partial charge in [0.15, 0.2) is 0 Å². The number of hydrogen-bond donors (Lipinski definition) is 0. The summed E-state index contributed by atoms with van der Waals surface area (Å²) in [6, 6.07) is 0. The summed E-state index contributed by atoms with van der Waals surface area (Å²) in [5, 5.41) is 0. The summed E-state index contributed by atoms with van der Waals surface area (Å²) < 4.78 is 0. The molecule has 0 aliphatic carbocycles. The van der Waals surface area contributed by atoms with Crippen molar-refractivity contribution >= 4 is 23.9 Å². The van der Waals surface area contributed by atoms with Crippen molar-refractivity contribution in [2.45, 2.75) is 0 Å². The van der Waals surface area contributed by atoms with E-state index < -0.39 is 0 Å². The zero-order valence-electron chi connectivity index (χ0n) is 2.47. The van der Waals surface area contributed by atoms with E-state index in [1.54, 1.807) is 0 Å². The van der Waals surface area contributed by atoms with Gasteiger partial charge in [0.05, 0.1) is 0 Å². The van der Waals surface area contributed by atoms with Crippen molar-refractivity contribution in [3.8, 4) is 0 Å². The first-order valence-corrected chi connectivity index (χ1v) is 0. The van der Waals surface area contributed by atoms with Gasteiger partial charge in [0.1, 0.15) is 0 Å². The van der Waals surface area contributed by atoms with Crippen LogP contribution < -0.4 is 0 Å². The minimum Gasteiger partial charge on any atom is 0 e. The Bertz CT molecular complexity index is 11.6. The van der Waals surface area contributed by atoms with Crippen LogP contribution in [0.4, 0.5) is 0 Å². The summed E-state index contributed by atoms with van der Waals surface area (Å²) in [4.78, 5) is 0. The molecule has 0 rings (SSSR count). The van der Waals surface area contributed by atoms with E-state index >= 15 is 0 Å². The third-order valence-electron chi connectivity index (χ3n) is 0. The average molecular weight is 453 g/mol. The first-order chi connectivity index (χ1) is 0. The van der Waals surface area contributed by atoms with Crippen molar-refractivity contribution in [1.29, 1.82) is 0 Å². The Morgan fingerprint density at radius 2 is 1.00 bits per heavy atom. The molecule has 0 unspecified atom stereocenters. The summed E-state index contributed by atoms with van der Waals surface area (Å²) in [5.74, 6) is 0. The van der Waals surface area contributed by atoms with Crippen LogP contribution in [0.15, 0.2) is 0 Å². The van der Waals surface area contributed by atoms with Crippen LogP contribution in [0.5, 0.6) is 0 Å². The molecule has 0 aliphatic heterocycles. The smallest absolute Gasteiger partial charge is 0 e. The summed E-state index contributed by atoms with van der Waals surface area (Å²) in [6.45, 7) is 0. The molecule has 0 aromatic heterocycles. The van der Waals surface area contributed by atoms with E-state index in [4.69, 9.17) is 0 Å².